The van der Waals surface area contributed by atoms with Crippen LogP contribution in [-0.4, -0.2) is 33.4 Å². The molecule has 152 valence electrons. The summed E-state index contributed by atoms with van der Waals surface area (Å²) in [5.41, 5.74) is 3.30. The van der Waals surface area contributed by atoms with Gasteiger partial charge in [0.15, 0.2) is 9.34 Å². The summed E-state index contributed by atoms with van der Waals surface area (Å²) in [7, 11) is -0.661. The molecule has 6 nitrogen and oxygen atoms in total. The van der Waals surface area contributed by atoms with Crippen LogP contribution in [0.15, 0.2) is 52.7 Å². The highest BCUT2D eigenvalue weighted by molar-refractivity contribution is 7.91. The Kier molecular flexibility index (Phi) is 6.38. The molecule has 2 aromatic carbocycles. The summed E-state index contributed by atoms with van der Waals surface area (Å²) in [5, 5.41) is 1.03. The third-order valence-electron chi connectivity index (χ3n) is 4.40. The standard InChI is InChI=1S/C20H20ClN3O3S2/c1-13-19(29(26,27)22-2)28-20(23-13)24(3)18(25)12-14-4-6-15(7-5-14)16-8-10-17(21)11-9-16/h4-11,22H,12H2,1-3H3. The number of benzene rings is 2. The van der Waals surface area contributed by atoms with Gasteiger partial charge in [-0.05, 0) is 42.8 Å². The molecule has 0 aliphatic heterocycles. The summed E-state index contributed by atoms with van der Waals surface area (Å²) >= 11 is 6.89. The van der Waals surface area contributed by atoms with E-state index in [-0.39, 0.29) is 16.5 Å². The van der Waals surface area contributed by atoms with Crippen LogP contribution < -0.4 is 9.62 Å². The minimum absolute atomic E-state index is 0.113. The van der Waals surface area contributed by atoms with Gasteiger partial charge in [0, 0.05) is 12.1 Å². The second-order valence-electron chi connectivity index (χ2n) is 6.41. The van der Waals surface area contributed by atoms with Crippen molar-refractivity contribution in [2.75, 3.05) is 19.0 Å². The monoisotopic (exact) mass is 449 g/mol. The third-order valence-corrected chi connectivity index (χ3v) is 7.91. The van der Waals surface area contributed by atoms with E-state index in [0.717, 1.165) is 28.0 Å². The van der Waals surface area contributed by atoms with Gasteiger partial charge in [0.2, 0.25) is 5.91 Å². The highest BCUT2D eigenvalue weighted by atomic mass is 35.5. The van der Waals surface area contributed by atoms with E-state index in [1.54, 1.807) is 14.0 Å². The number of hydrogen-bond donors (Lipinski definition) is 1. The number of sulfonamides is 1. The van der Waals surface area contributed by atoms with Crippen LogP contribution in [-0.2, 0) is 21.2 Å². The van der Waals surface area contributed by atoms with Crippen molar-refractivity contribution in [1.29, 1.82) is 0 Å². The fraction of sp³-hybridized carbons (Fsp3) is 0.200. The number of halogens is 1. The van der Waals surface area contributed by atoms with Gasteiger partial charge in [-0.2, -0.15) is 0 Å². The predicted molar refractivity (Wildman–Crippen MR) is 117 cm³/mol. The quantitative estimate of drug-likeness (QED) is 0.619. The molecule has 3 aromatic rings. The van der Waals surface area contributed by atoms with E-state index in [1.165, 1.54) is 11.9 Å². The molecule has 1 N–H and O–H groups in total. The summed E-state index contributed by atoms with van der Waals surface area (Å²) < 4.78 is 26.5. The molecule has 0 unspecified atom stereocenters. The Labute approximate surface area is 179 Å². The number of nitrogens with one attached hydrogen (secondary N) is 1. The van der Waals surface area contributed by atoms with Gasteiger partial charge in [0.05, 0.1) is 12.1 Å². The summed E-state index contributed by atoms with van der Waals surface area (Å²) in [4.78, 5) is 18.3. The van der Waals surface area contributed by atoms with Crippen molar-refractivity contribution in [2.24, 2.45) is 0 Å². The maximum absolute atomic E-state index is 12.7. The average molecular weight is 450 g/mol. The maximum atomic E-state index is 12.7. The fourth-order valence-electron chi connectivity index (χ4n) is 2.71. The zero-order chi connectivity index (χ0) is 21.2. The largest absolute Gasteiger partial charge is 0.291 e. The lowest BCUT2D eigenvalue weighted by molar-refractivity contribution is -0.117. The number of thiazole rings is 1. The Bertz CT molecular complexity index is 1120. The molecule has 3 rings (SSSR count). The lowest BCUT2D eigenvalue weighted by atomic mass is 10.0. The third kappa shape index (κ3) is 4.84. The molecule has 0 aliphatic rings. The highest BCUT2D eigenvalue weighted by Gasteiger charge is 2.23. The van der Waals surface area contributed by atoms with Gasteiger partial charge >= 0.3 is 0 Å². The van der Waals surface area contributed by atoms with Gasteiger partial charge < -0.3 is 0 Å². The molecular weight excluding hydrogens is 430 g/mol. The molecule has 29 heavy (non-hydrogen) atoms. The average Bonchev–Trinajstić information content (AvgIpc) is 3.11. The van der Waals surface area contributed by atoms with Crippen molar-refractivity contribution < 1.29 is 13.2 Å². The van der Waals surface area contributed by atoms with Gasteiger partial charge in [0.1, 0.15) is 0 Å². The van der Waals surface area contributed by atoms with Gasteiger partial charge in [-0.25, -0.2) is 18.1 Å². The summed E-state index contributed by atoms with van der Waals surface area (Å²) in [6, 6.07) is 15.3. The SMILES string of the molecule is CNS(=O)(=O)c1sc(N(C)C(=O)Cc2ccc(-c3ccc(Cl)cc3)cc2)nc1C. The lowest BCUT2D eigenvalue weighted by Gasteiger charge is -2.14. The Morgan fingerprint density at radius 2 is 1.66 bits per heavy atom. The molecule has 0 aliphatic carbocycles. The number of aromatic nitrogens is 1. The minimum atomic E-state index is -3.60. The second-order valence-corrected chi connectivity index (χ2v) is 9.91. The first-order valence-electron chi connectivity index (χ1n) is 8.73. The van der Waals surface area contributed by atoms with Crippen molar-refractivity contribution in [3.63, 3.8) is 0 Å². The number of aryl methyl sites for hydroxylation is 1. The number of carbonyl (C=O) groups is 1. The number of likely N-dealkylation sites (N-methyl/N-ethyl adjacent to an activating group) is 1. The minimum Gasteiger partial charge on any atom is -0.291 e. The number of rotatable bonds is 6. The summed E-state index contributed by atoms with van der Waals surface area (Å²) in [5.74, 6) is -0.175. The first-order chi connectivity index (χ1) is 13.7. The number of amides is 1. The Morgan fingerprint density at radius 1 is 1.10 bits per heavy atom. The molecule has 0 radical (unpaired) electrons. The zero-order valence-corrected chi connectivity index (χ0v) is 18.5. The van der Waals surface area contributed by atoms with Crippen LogP contribution in [0.1, 0.15) is 11.3 Å². The number of hydrogen-bond acceptors (Lipinski definition) is 5. The number of nitrogens with zero attached hydrogens (tertiary/aromatic N) is 2. The van der Waals surface area contributed by atoms with Crippen molar-refractivity contribution in [3.8, 4) is 11.1 Å². The molecule has 9 heteroatoms. The van der Waals surface area contributed by atoms with Crippen LogP contribution in [0.2, 0.25) is 5.02 Å². The zero-order valence-electron chi connectivity index (χ0n) is 16.1. The van der Waals surface area contributed by atoms with Crippen LogP contribution in [0, 0.1) is 6.92 Å². The van der Waals surface area contributed by atoms with Gasteiger partial charge in [0.25, 0.3) is 10.0 Å². The number of anilines is 1. The van der Waals surface area contributed by atoms with Crippen LogP contribution in [0.25, 0.3) is 11.1 Å². The van der Waals surface area contributed by atoms with Crippen molar-refractivity contribution in [3.05, 3.63) is 64.8 Å². The van der Waals surface area contributed by atoms with E-state index < -0.39 is 10.0 Å². The van der Waals surface area contributed by atoms with Gasteiger partial charge in [-0.3, -0.25) is 9.69 Å². The Morgan fingerprint density at radius 3 is 2.21 bits per heavy atom. The van der Waals surface area contributed by atoms with Crippen LogP contribution in [0.4, 0.5) is 5.13 Å². The van der Waals surface area contributed by atoms with Crippen molar-refractivity contribution >= 4 is 44.0 Å². The molecule has 0 bridgehead atoms. The molecule has 0 atom stereocenters. The smallest absolute Gasteiger partial charge is 0.251 e. The Balaban J connectivity index is 1.73. The fourth-order valence-corrected chi connectivity index (χ4v) is 5.15. The van der Waals surface area contributed by atoms with Crippen LogP contribution in [0.5, 0.6) is 0 Å². The predicted octanol–water partition coefficient (Wildman–Crippen LogP) is 3.89. The van der Waals surface area contributed by atoms with E-state index >= 15 is 0 Å². The van der Waals surface area contributed by atoms with E-state index in [9.17, 15) is 13.2 Å². The molecule has 0 saturated carbocycles. The topological polar surface area (TPSA) is 79.4 Å². The Hall–Kier alpha value is -2.26. The second kappa shape index (κ2) is 8.62. The van der Waals surface area contributed by atoms with E-state index in [0.29, 0.717) is 15.8 Å². The van der Waals surface area contributed by atoms with Crippen LogP contribution in [0.3, 0.4) is 0 Å². The van der Waals surface area contributed by atoms with Gasteiger partial charge in [-0.1, -0.05) is 59.3 Å². The van der Waals surface area contributed by atoms with Gasteiger partial charge in [-0.15, -0.1) is 0 Å². The summed E-state index contributed by atoms with van der Waals surface area (Å²) in [6.45, 7) is 1.61. The van der Waals surface area contributed by atoms with Crippen LogP contribution >= 0.6 is 22.9 Å². The van der Waals surface area contributed by atoms with Crippen molar-refractivity contribution in [1.82, 2.24) is 9.71 Å². The maximum Gasteiger partial charge on any atom is 0.251 e. The van der Waals surface area contributed by atoms with Crippen molar-refractivity contribution in [2.45, 2.75) is 17.6 Å². The first kappa shape index (κ1) is 21.4. The van der Waals surface area contributed by atoms with E-state index in [2.05, 4.69) is 9.71 Å². The molecule has 0 saturated heterocycles. The molecule has 0 fully saturated rings. The highest BCUT2D eigenvalue weighted by Crippen LogP contribution is 2.29. The summed E-state index contributed by atoms with van der Waals surface area (Å²) in [6.07, 6.45) is 0.185. The molecular formula is C20H20ClN3O3S2. The van der Waals surface area contributed by atoms with E-state index in [1.807, 2.05) is 48.5 Å². The lowest BCUT2D eigenvalue weighted by Crippen LogP contribution is -2.27. The molecule has 1 aromatic heterocycles. The number of carbonyl (C=O) groups excluding carboxylic acids is 1. The molecule has 1 amide bonds. The first-order valence-corrected chi connectivity index (χ1v) is 11.4. The normalized spacial score (nSPS) is 11.4. The molecule has 0 spiro atoms. The van der Waals surface area contributed by atoms with E-state index in [4.69, 9.17) is 11.6 Å². The molecule has 1 heterocycles.